The number of likely N-dealkylation sites (tertiary alicyclic amines) is 1. The molecule has 0 N–H and O–H groups in total. The number of para-hydroxylation sites is 1. The molecule has 5 heteroatoms. The zero-order valence-corrected chi connectivity index (χ0v) is 14.0. The van der Waals surface area contributed by atoms with Crippen LogP contribution in [0.1, 0.15) is 30.3 Å². The summed E-state index contributed by atoms with van der Waals surface area (Å²) < 4.78 is 8.00. The minimum atomic E-state index is -0.0671. The van der Waals surface area contributed by atoms with Crippen LogP contribution in [0.3, 0.4) is 0 Å². The van der Waals surface area contributed by atoms with Crippen LogP contribution in [0.25, 0.3) is 0 Å². The Morgan fingerprint density at radius 3 is 3.04 bits per heavy atom. The summed E-state index contributed by atoms with van der Waals surface area (Å²) in [7, 11) is 0. The first-order valence-corrected chi connectivity index (χ1v) is 8.71. The number of hydrogen-bond acceptors (Lipinski definition) is 3. The lowest BCUT2D eigenvalue weighted by atomic mass is 9.94. The monoisotopic (exact) mass is 325 g/mol. The van der Waals surface area contributed by atoms with Gasteiger partial charge in [0.15, 0.2) is 0 Å². The number of imidazole rings is 1. The van der Waals surface area contributed by atoms with Gasteiger partial charge in [-0.1, -0.05) is 18.2 Å². The number of carbonyl (C=O) groups is 1. The minimum absolute atomic E-state index is 0.0671. The molecule has 2 aliphatic rings. The van der Waals surface area contributed by atoms with Crippen LogP contribution < -0.4 is 4.74 Å². The molecule has 126 valence electrons. The van der Waals surface area contributed by atoms with E-state index in [-0.39, 0.29) is 11.8 Å². The van der Waals surface area contributed by atoms with Crippen LogP contribution in [-0.4, -0.2) is 40.1 Å². The van der Waals surface area contributed by atoms with Gasteiger partial charge in [0.1, 0.15) is 18.2 Å². The van der Waals surface area contributed by atoms with E-state index in [2.05, 4.69) is 15.6 Å². The van der Waals surface area contributed by atoms with Crippen LogP contribution in [0.15, 0.2) is 36.7 Å². The molecule has 0 spiro atoms. The van der Waals surface area contributed by atoms with E-state index in [9.17, 15) is 4.79 Å². The SMILES string of the molecule is Cc1nccn1[C@@H]1CCCN(C(=O)[C@@H]2COc3ccccc3C2)C1. The molecule has 0 unspecified atom stereocenters. The number of carbonyl (C=O) groups excluding carboxylic acids is 1. The average Bonchev–Trinajstić information content (AvgIpc) is 3.07. The van der Waals surface area contributed by atoms with Gasteiger partial charge in [-0.2, -0.15) is 0 Å². The van der Waals surface area contributed by atoms with Gasteiger partial charge in [-0.25, -0.2) is 4.98 Å². The fourth-order valence-electron chi connectivity index (χ4n) is 3.90. The summed E-state index contributed by atoms with van der Waals surface area (Å²) in [6.07, 6.45) is 6.78. The zero-order valence-electron chi connectivity index (χ0n) is 14.0. The zero-order chi connectivity index (χ0) is 16.5. The highest BCUT2D eigenvalue weighted by molar-refractivity contribution is 5.80. The van der Waals surface area contributed by atoms with Gasteiger partial charge in [-0.3, -0.25) is 4.79 Å². The van der Waals surface area contributed by atoms with Crippen molar-refractivity contribution in [2.24, 2.45) is 5.92 Å². The van der Waals surface area contributed by atoms with Crippen molar-refractivity contribution >= 4 is 5.91 Å². The lowest BCUT2D eigenvalue weighted by Gasteiger charge is -2.36. The van der Waals surface area contributed by atoms with Crippen molar-refractivity contribution in [2.45, 2.75) is 32.2 Å². The van der Waals surface area contributed by atoms with Crippen molar-refractivity contribution in [2.75, 3.05) is 19.7 Å². The minimum Gasteiger partial charge on any atom is -0.492 e. The number of amides is 1. The molecule has 0 bridgehead atoms. The number of benzene rings is 1. The molecule has 2 aliphatic heterocycles. The summed E-state index contributed by atoms with van der Waals surface area (Å²) in [5.74, 6) is 2.10. The summed E-state index contributed by atoms with van der Waals surface area (Å²) in [5, 5.41) is 0. The second-order valence-electron chi connectivity index (χ2n) is 6.78. The molecule has 0 saturated carbocycles. The number of rotatable bonds is 2. The van der Waals surface area contributed by atoms with Crippen molar-refractivity contribution in [1.29, 1.82) is 0 Å². The molecule has 1 fully saturated rings. The van der Waals surface area contributed by atoms with E-state index in [0.717, 1.165) is 49.5 Å². The fourth-order valence-corrected chi connectivity index (χ4v) is 3.90. The average molecular weight is 325 g/mol. The highest BCUT2D eigenvalue weighted by Crippen LogP contribution is 2.29. The largest absolute Gasteiger partial charge is 0.492 e. The third-order valence-electron chi connectivity index (χ3n) is 5.19. The molecule has 1 aromatic carbocycles. The third-order valence-corrected chi connectivity index (χ3v) is 5.19. The van der Waals surface area contributed by atoms with Crippen molar-refractivity contribution in [3.63, 3.8) is 0 Å². The Balaban J connectivity index is 1.46. The predicted molar refractivity (Wildman–Crippen MR) is 90.9 cm³/mol. The smallest absolute Gasteiger partial charge is 0.229 e. The summed E-state index contributed by atoms with van der Waals surface area (Å²) in [6, 6.07) is 8.36. The maximum atomic E-state index is 13.0. The maximum absolute atomic E-state index is 13.0. The summed E-state index contributed by atoms with van der Waals surface area (Å²) in [5.41, 5.74) is 1.14. The summed E-state index contributed by atoms with van der Waals surface area (Å²) in [6.45, 7) is 4.13. The van der Waals surface area contributed by atoms with Gasteiger partial charge < -0.3 is 14.2 Å². The fraction of sp³-hybridized carbons (Fsp3) is 0.474. The number of fused-ring (bicyclic) bond motifs is 1. The van der Waals surface area contributed by atoms with Gasteiger partial charge in [0.05, 0.1) is 12.0 Å². The van der Waals surface area contributed by atoms with Crippen LogP contribution in [0.4, 0.5) is 0 Å². The summed E-state index contributed by atoms with van der Waals surface area (Å²) >= 11 is 0. The number of aromatic nitrogens is 2. The lowest BCUT2D eigenvalue weighted by Crippen LogP contribution is -2.46. The molecule has 3 heterocycles. The summed E-state index contributed by atoms with van der Waals surface area (Å²) in [4.78, 5) is 19.3. The van der Waals surface area contributed by atoms with E-state index in [1.54, 1.807) is 0 Å². The number of ether oxygens (including phenoxy) is 1. The van der Waals surface area contributed by atoms with E-state index in [4.69, 9.17) is 4.74 Å². The molecule has 1 saturated heterocycles. The Morgan fingerprint density at radius 1 is 1.33 bits per heavy atom. The molecule has 4 rings (SSSR count). The van der Waals surface area contributed by atoms with Crippen LogP contribution in [0.5, 0.6) is 5.75 Å². The first-order valence-electron chi connectivity index (χ1n) is 8.71. The van der Waals surface area contributed by atoms with Crippen LogP contribution in [-0.2, 0) is 11.2 Å². The molecule has 1 aromatic heterocycles. The quantitative estimate of drug-likeness (QED) is 0.853. The topological polar surface area (TPSA) is 47.4 Å². The first kappa shape index (κ1) is 15.2. The second kappa shape index (κ2) is 6.30. The van der Waals surface area contributed by atoms with Crippen molar-refractivity contribution in [3.8, 4) is 5.75 Å². The van der Waals surface area contributed by atoms with E-state index in [1.165, 1.54) is 0 Å². The standard InChI is InChI=1S/C19H23N3O2/c1-14-20-8-10-22(14)17-6-4-9-21(12-17)19(23)16-11-15-5-2-3-7-18(15)24-13-16/h2-3,5,7-8,10,16-17H,4,6,9,11-13H2,1H3/t16-,17+/m0/s1. The van der Waals surface area contributed by atoms with Gasteiger partial charge in [0.2, 0.25) is 5.91 Å². The normalized spacial score (nSPS) is 23.5. The lowest BCUT2D eigenvalue weighted by molar-refractivity contribution is -0.138. The first-order chi connectivity index (χ1) is 11.7. The van der Waals surface area contributed by atoms with E-state index < -0.39 is 0 Å². The van der Waals surface area contributed by atoms with Crippen LogP contribution in [0, 0.1) is 12.8 Å². The van der Waals surface area contributed by atoms with Gasteiger partial charge in [0, 0.05) is 25.5 Å². The number of hydrogen-bond donors (Lipinski definition) is 0. The Morgan fingerprint density at radius 2 is 2.21 bits per heavy atom. The van der Waals surface area contributed by atoms with Gasteiger partial charge in [-0.05, 0) is 37.8 Å². The van der Waals surface area contributed by atoms with E-state index >= 15 is 0 Å². The maximum Gasteiger partial charge on any atom is 0.229 e. The Labute approximate surface area is 142 Å². The van der Waals surface area contributed by atoms with Crippen molar-refractivity contribution in [3.05, 3.63) is 48.0 Å². The van der Waals surface area contributed by atoms with Crippen LogP contribution in [0.2, 0.25) is 0 Å². The molecule has 24 heavy (non-hydrogen) atoms. The van der Waals surface area contributed by atoms with Crippen LogP contribution >= 0.6 is 0 Å². The second-order valence-corrected chi connectivity index (χ2v) is 6.78. The predicted octanol–water partition coefficient (Wildman–Crippen LogP) is 2.61. The van der Waals surface area contributed by atoms with Gasteiger partial charge in [0.25, 0.3) is 0 Å². The number of piperidine rings is 1. The molecule has 5 nitrogen and oxygen atoms in total. The Hall–Kier alpha value is -2.30. The third kappa shape index (κ3) is 2.79. The molecule has 2 aromatic rings. The van der Waals surface area contributed by atoms with Gasteiger partial charge in [-0.15, -0.1) is 0 Å². The Bertz CT molecular complexity index is 740. The van der Waals surface area contributed by atoms with Crippen molar-refractivity contribution < 1.29 is 9.53 Å². The molecule has 0 aliphatic carbocycles. The van der Waals surface area contributed by atoms with E-state index in [1.807, 2.05) is 42.4 Å². The highest BCUT2D eigenvalue weighted by Gasteiger charge is 2.32. The highest BCUT2D eigenvalue weighted by atomic mass is 16.5. The number of nitrogens with zero attached hydrogens (tertiary/aromatic N) is 3. The molecule has 0 radical (unpaired) electrons. The van der Waals surface area contributed by atoms with E-state index in [0.29, 0.717) is 12.6 Å². The van der Waals surface area contributed by atoms with Gasteiger partial charge >= 0.3 is 0 Å². The molecular weight excluding hydrogens is 302 g/mol. The molecule has 1 amide bonds. The van der Waals surface area contributed by atoms with Crippen molar-refractivity contribution in [1.82, 2.24) is 14.5 Å². The molecular formula is C19H23N3O2. The Kier molecular flexibility index (Phi) is 4.00. The number of aryl methyl sites for hydroxylation is 1. The molecule has 2 atom stereocenters.